The molecule has 0 saturated carbocycles. The summed E-state index contributed by atoms with van der Waals surface area (Å²) in [5, 5.41) is 5.20. The van der Waals surface area contributed by atoms with E-state index in [4.69, 9.17) is 9.47 Å². The number of aromatic nitrogens is 4. The van der Waals surface area contributed by atoms with Gasteiger partial charge in [0.05, 0.1) is 31.5 Å². The van der Waals surface area contributed by atoms with E-state index in [-0.39, 0.29) is 5.56 Å². The van der Waals surface area contributed by atoms with Crippen molar-refractivity contribution in [1.29, 1.82) is 0 Å². The number of rotatable bonds is 4. The summed E-state index contributed by atoms with van der Waals surface area (Å²) in [6.07, 6.45) is 5.00. The predicted molar refractivity (Wildman–Crippen MR) is 99.6 cm³/mol. The number of thiazole rings is 2. The first-order chi connectivity index (χ1) is 12.7. The zero-order valence-corrected chi connectivity index (χ0v) is 15.4. The SMILES string of the molecule is COC(=O)c1c(OC)c(-c2nccs2)cc2nc(-c3nccs3)cnc12. The quantitative estimate of drug-likeness (QED) is 0.496. The second-order valence-electron chi connectivity index (χ2n) is 5.12. The molecule has 0 unspecified atom stereocenters. The van der Waals surface area contributed by atoms with Gasteiger partial charge in [-0.3, -0.25) is 4.98 Å². The molecule has 1 aromatic carbocycles. The van der Waals surface area contributed by atoms with Crippen molar-refractivity contribution in [2.75, 3.05) is 14.2 Å². The van der Waals surface area contributed by atoms with Crippen molar-refractivity contribution in [1.82, 2.24) is 19.9 Å². The lowest BCUT2D eigenvalue weighted by molar-refractivity contribution is 0.0599. The van der Waals surface area contributed by atoms with Crippen LogP contribution in [0.25, 0.3) is 32.3 Å². The Labute approximate surface area is 156 Å². The van der Waals surface area contributed by atoms with Crippen LogP contribution in [0.5, 0.6) is 5.75 Å². The van der Waals surface area contributed by atoms with E-state index >= 15 is 0 Å². The standard InChI is InChI=1S/C17H12N4O3S2/c1-23-14-9(15-18-3-5-25-15)7-10-13(12(14)17(22)24-2)20-8-11(21-10)16-19-4-6-26-16/h3-8H,1-2H3. The van der Waals surface area contributed by atoms with Crippen LogP contribution in [0, 0.1) is 0 Å². The second-order valence-corrected chi connectivity index (χ2v) is 6.91. The van der Waals surface area contributed by atoms with Gasteiger partial charge >= 0.3 is 5.97 Å². The van der Waals surface area contributed by atoms with Gasteiger partial charge in [-0.2, -0.15) is 0 Å². The number of esters is 1. The van der Waals surface area contributed by atoms with Gasteiger partial charge in [-0.05, 0) is 6.07 Å². The number of nitrogens with zero attached hydrogens (tertiary/aromatic N) is 4. The number of benzene rings is 1. The fraction of sp³-hybridized carbons (Fsp3) is 0.118. The Morgan fingerprint density at radius 1 is 1.04 bits per heavy atom. The van der Waals surface area contributed by atoms with Gasteiger partial charge in [-0.15, -0.1) is 22.7 Å². The van der Waals surface area contributed by atoms with Crippen LogP contribution in [0.4, 0.5) is 0 Å². The summed E-state index contributed by atoms with van der Waals surface area (Å²) in [5.41, 5.74) is 2.49. The minimum Gasteiger partial charge on any atom is -0.495 e. The Morgan fingerprint density at radius 3 is 2.38 bits per heavy atom. The van der Waals surface area contributed by atoms with Crippen molar-refractivity contribution >= 4 is 39.7 Å². The van der Waals surface area contributed by atoms with E-state index < -0.39 is 5.97 Å². The molecular formula is C17H12N4O3S2. The molecule has 3 heterocycles. The molecule has 4 aromatic rings. The maximum absolute atomic E-state index is 12.4. The van der Waals surface area contributed by atoms with Gasteiger partial charge in [0.2, 0.25) is 0 Å². The minimum atomic E-state index is -0.540. The van der Waals surface area contributed by atoms with Crippen LogP contribution in [0.3, 0.4) is 0 Å². The average molecular weight is 384 g/mol. The maximum Gasteiger partial charge on any atom is 0.343 e. The second kappa shape index (κ2) is 6.77. The third kappa shape index (κ3) is 2.71. The summed E-state index contributed by atoms with van der Waals surface area (Å²) >= 11 is 2.91. The van der Waals surface area contributed by atoms with E-state index in [1.54, 1.807) is 18.6 Å². The van der Waals surface area contributed by atoms with Crippen molar-refractivity contribution in [3.63, 3.8) is 0 Å². The molecule has 3 aromatic heterocycles. The van der Waals surface area contributed by atoms with E-state index in [0.717, 1.165) is 10.0 Å². The van der Waals surface area contributed by atoms with Gasteiger partial charge in [0.15, 0.2) is 0 Å². The molecule has 0 aliphatic rings. The third-order valence-electron chi connectivity index (χ3n) is 3.70. The highest BCUT2D eigenvalue weighted by molar-refractivity contribution is 7.13. The maximum atomic E-state index is 12.4. The molecule has 0 N–H and O–H groups in total. The summed E-state index contributed by atoms with van der Waals surface area (Å²) in [6.45, 7) is 0. The van der Waals surface area contributed by atoms with Crippen LogP contribution in [-0.4, -0.2) is 40.1 Å². The zero-order valence-electron chi connectivity index (χ0n) is 13.8. The summed E-state index contributed by atoms with van der Waals surface area (Å²) in [7, 11) is 2.82. The average Bonchev–Trinajstić information content (AvgIpc) is 3.39. The highest BCUT2D eigenvalue weighted by atomic mass is 32.1. The van der Waals surface area contributed by atoms with E-state index in [1.807, 2.05) is 16.8 Å². The van der Waals surface area contributed by atoms with Gasteiger partial charge in [-0.25, -0.2) is 19.7 Å². The normalized spacial score (nSPS) is 10.8. The van der Waals surface area contributed by atoms with Crippen LogP contribution in [0.15, 0.2) is 35.4 Å². The number of hydrogen-bond donors (Lipinski definition) is 0. The highest BCUT2D eigenvalue weighted by Gasteiger charge is 2.25. The van der Waals surface area contributed by atoms with Crippen LogP contribution < -0.4 is 4.74 Å². The molecule has 0 fully saturated rings. The molecule has 0 saturated heterocycles. The summed E-state index contributed by atoms with van der Waals surface area (Å²) in [4.78, 5) is 30.1. The Hall–Kier alpha value is -2.91. The van der Waals surface area contributed by atoms with Gasteiger partial charge in [0, 0.05) is 23.2 Å². The molecule has 0 atom stereocenters. The molecule has 0 aliphatic carbocycles. The first-order valence-corrected chi connectivity index (χ1v) is 9.24. The van der Waals surface area contributed by atoms with Crippen molar-refractivity contribution < 1.29 is 14.3 Å². The number of hydrogen-bond acceptors (Lipinski definition) is 9. The summed E-state index contributed by atoms with van der Waals surface area (Å²) in [5.74, 6) is -0.169. The number of fused-ring (bicyclic) bond motifs is 1. The Bertz CT molecular complexity index is 1080. The molecule has 0 amide bonds. The number of ether oxygens (including phenoxy) is 2. The summed E-state index contributed by atoms with van der Waals surface area (Å²) in [6, 6.07) is 1.82. The zero-order chi connectivity index (χ0) is 18.1. The van der Waals surface area contributed by atoms with Gasteiger partial charge in [0.1, 0.15) is 32.5 Å². The first kappa shape index (κ1) is 16.6. The topological polar surface area (TPSA) is 87.1 Å². The van der Waals surface area contributed by atoms with Crippen LogP contribution >= 0.6 is 22.7 Å². The smallest absolute Gasteiger partial charge is 0.343 e. The van der Waals surface area contributed by atoms with E-state index in [9.17, 15) is 4.79 Å². The first-order valence-electron chi connectivity index (χ1n) is 7.48. The molecule has 4 rings (SSSR count). The molecule has 0 aliphatic heterocycles. The highest BCUT2D eigenvalue weighted by Crippen LogP contribution is 2.39. The van der Waals surface area contributed by atoms with Crippen molar-refractivity contribution in [2.45, 2.75) is 0 Å². The molecular weight excluding hydrogens is 372 g/mol. The molecule has 9 heteroatoms. The number of methoxy groups -OCH3 is 2. The van der Waals surface area contributed by atoms with Crippen LogP contribution in [0.2, 0.25) is 0 Å². The molecule has 0 radical (unpaired) electrons. The van der Waals surface area contributed by atoms with Gasteiger partial charge in [-0.1, -0.05) is 0 Å². The molecule has 7 nitrogen and oxygen atoms in total. The molecule has 0 bridgehead atoms. The summed E-state index contributed by atoms with van der Waals surface area (Å²) < 4.78 is 10.5. The lowest BCUT2D eigenvalue weighted by Gasteiger charge is -2.13. The molecule has 26 heavy (non-hydrogen) atoms. The van der Waals surface area contributed by atoms with Gasteiger partial charge < -0.3 is 9.47 Å². The lowest BCUT2D eigenvalue weighted by atomic mass is 10.1. The molecule has 0 spiro atoms. The monoisotopic (exact) mass is 384 g/mol. The Balaban J connectivity index is 2.05. The largest absolute Gasteiger partial charge is 0.495 e. The van der Waals surface area contributed by atoms with Crippen molar-refractivity contribution in [3.05, 3.63) is 41.0 Å². The minimum absolute atomic E-state index is 0.232. The van der Waals surface area contributed by atoms with Crippen molar-refractivity contribution in [3.8, 4) is 27.0 Å². The fourth-order valence-electron chi connectivity index (χ4n) is 2.61. The predicted octanol–water partition coefficient (Wildman–Crippen LogP) is 3.67. The number of carbonyl (C=O) groups excluding carboxylic acids is 1. The van der Waals surface area contributed by atoms with E-state index in [2.05, 4.69) is 19.9 Å². The van der Waals surface area contributed by atoms with Crippen molar-refractivity contribution in [2.24, 2.45) is 0 Å². The van der Waals surface area contributed by atoms with E-state index in [0.29, 0.717) is 28.0 Å². The number of carbonyl (C=O) groups is 1. The fourth-order valence-corrected chi connectivity index (χ4v) is 3.86. The Morgan fingerprint density at radius 2 is 1.77 bits per heavy atom. The Kier molecular flexibility index (Phi) is 4.31. The van der Waals surface area contributed by atoms with Crippen LogP contribution in [0.1, 0.15) is 10.4 Å². The van der Waals surface area contributed by atoms with Crippen LogP contribution in [-0.2, 0) is 4.74 Å². The lowest BCUT2D eigenvalue weighted by Crippen LogP contribution is -2.08. The van der Waals surface area contributed by atoms with Gasteiger partial charge in [0.25, 0.3) is 0 Å². The van der Waals surface area contributed by atoms with E-state index in [1.165, 1.54) is 36.9 Å². The third-order valence-corrected chi connectivity index (χ3v) is 5.30. The molecule has 130 valence electrons.